The van der Waals surface area contributed by atoms with Crippen LogP contribution in [0.4, 0.5) is 20.5 Å². The molecule has 1 N–H and O–H groups in total. The molecule has 0 bridgehead atoms. The lowest BCUT2D eigenvalue weighted by atomic mass is 10.1. The van der Waals surface area contributed by atoms with Crippen LogP contribution in [0.3, 0.4) is 0 Å². The minimum absolute atomic E-state index is 0.180. The Bertz CT molecular complexity index is 1050. The molecule has 3 heterocycles. The van der Waals surface area contributed by atoms with E-state index in [1.807, 2.05) is 17.0 Å². The first kappa shape index (κ1) is 24.0. The first-order valence-corrected chi connectivity index (χ1v) is 12.8. The molecule has 0 amide bonds. The van der Waals surface area contributed by atoms with Crippen molar-refractivity contribution in [2.24, 2.45) is 0 Å². The Hall–Kier alpha value is -2.68. The average Bonchev–Trinajstić information content (AvgIpc) is 3.56. The summed E-state index contributed by atoms with van der Waals surface area (Å²) in [5, 5.41) is 4.35. The first-order valence-electron chi connectivity index (χ1n) is 12.8. The van der Waals surface area contributed by atoms with E-state index in [2.05, 4.69) is 22.4 Å². The second-order valence-corrected chi connectivity index (χ2v) is 9.74. The first-order chi connectivity index (χ1) is 17.0. The second kappa shape index (κ2) is 10.5. The monoisotopic (exact) mass is 487 g/mol. The maximum absolute atomic E-state index is 13.8. The molecule has 0 spiro atoms. The van der Waals surface area contributed by atoms with Crippen LogP contribution in [0.15, 0.2) is 24.3 Å². The number of ether oxygens (including phenoxy) is 2. The number of alkyl halides is 2. The van der Waals surface area contributed by atoms with Crippen molar-refractivity contribution in [3.8, 4) is 11.5 Å². The number of hydrogen-bond donors (Lipinski definition) is 1. The largest absolute Gasteiger partial charge is 0.493 e. The number of piperidine rings is 1. The predicted molar refractivity (Wildman–Crippen MR) is 134 cm³/mol. The Morgan fingerprint density at radius 1 is 1.09 bits per heavy atom. The molecule has 1 aliphatic carbocycles. The molecule has 3 aliphatic rings. The van der Waals surface area contributed by atoms with Gasteiger partial charge in [-0.15, -0.1) is 0 Å². The van der Waals surface area contributed by atoms with Gasteiger partial charge in [0.05, 0.1) is 19.2 Å². The summed E-state index contributed by atoms with van der Waals surface area (Å²) >= 11 is 0. The minimum atomic E-state index is -2.62. The van der Waals surface area contributed by atoms with Gasteiger partial charge in [-0.2, -0.15) is 4.98 Å². The van der Waals surface area contributed by atoms with E-state index < -0.39 is 5.92 Å². The lowest BCUT2D eigenvalue weighted by Crippen LogP contribution is -2.40. The third kappa shape index (κ3) is 5.77. The summed E-state index contributed by atoms with van der Waals surface area (Å²) < 4.78 is 39.3. The van der Waals surface area contributed by atoms with Gasteiger partial charge in [-0.3, -0.25) is 0 Å². The number of likely N-dealkylation sites (tertiary alicyclic amines) is 1. The standard InChI is InChI=1S/C26H35F2N5O2/c1-34-22-17-20-21(18-23(22)35-16-6-13-32-11-4-5-12-32)30-25(33-14-9-26(27,28)10-15-33)31-24(20)29-19-7-2-3-8-19/h2,7,17-19H,3-6,8-16H2,1H3,(H,29,30,31)/t19-/m0/s1. The van der Waals surface area contributed by atoms with Crippen molar-refractivity contribution in [1.29, 1.82) is 0 Å². The number of hydrogen-bond acceptors (Lipinski definition) is 7. The van der Waals surface area contributed by atoms with E-state index in [0.717, 1.165) is 31.2 Å². The maximum atomic E-state index is 13.8. The van der Waals surface area contributed by atoms with Gasteiger partial charge < -0.3 is 24.6 Å². The molecule has 1 aromatic heterocycles. The van der Waals surface area contributed by atoms with Crippen LogP contribution in [0, 0.1) is 0 Å². The highest BCUT2D eigenvalue weighted by molar-refractivity contribution is 5.93. The van der Waals surface area contributed by atoms with Crippen LogP contribution >= 0.6 is 0 Å². The van der Waals surface area contributed by atoms with Crippen LogP contribution in [0.1, 0.15) is 44.9 Å². The summed E-state index contributed by atoms with van der Waals surface area (Å²) in [4.78, 5) is 13.9. The van der Waals surface area contributed by atoms with Gasteiger partial charge in [-0.1, -0.05) is 12.2 Å². The molecular weight excluding hydrogens is 452 g/mol. The molecule has 1 atom stereocenters. The van der Waals surface area contributed by atoms with Gasteiger partial charge in [0.15, 0.2) is 11.5 Å². The maximum Gasteiger partial charge on any atom is 0.251 e. The third-order valence-electron chi connectivity index (χ3n) is 7.16. The van der Waals surface area contributed by atoms with Crippen molar-refractivity contribution in [3.63, 3.8) is 0 Å². The van der Waals surface area contributed by atoms with Crippen molar-refractivity contribution in [1.82, 2.24) is 14.9 Å². The van der Waals surface area contributed by atoms with E-state index in [4.69, 9.17) is 19.4 Å². The lowest BCUT2D eigenvalue weighted by molar-refractivity contribution is -0.0222. The topological polar surface area (TPSA) is 62.8 Å². The Morgan fingerprint density at radius 3 is 2.60 bits per heavy atom. The predicted octanol–water partition coefficient (Wildman–Crippen LogP) is 4.87. The average molecular weight is 488 g/mol. The molecule has 0 unspecified atom stereocenters. The van der Waals surface area contributed by atoms with Crippen molar-refractivity contribution in [2.75, 3.05) is 56.7 Å². The third-order valence-corrected chi connectivity index (χ3v) is 7.16. The number of anilines is 2. The number of allylic oxidation sites excluding steroid dienone is 1. The molecule has 0 radical (unpaired) electrons. The highest BCUT2D eigenvalue weighted by Crippen LogP contribution is 2.37. The van der Waals surface area contributed by atoms with Gasteiger partial charge in [0.1, 0.15) is 5.82 Å². The number of fused-ring (bicyclic) bond motifs is 1. The highest BCUT2D eigenvalue weighted by Gasteiger charge is 2.35. The summed E-state index contributed by atoms with van der Waals surface area (Å²) in [6.07, 6.45) is 9.45. The van der Waals surface area contributed by atoms with Crippen molar-refractivity contribution < 1.29 is 18.3 Å². The molecule has 190 valence electrons. The van der Waals surface area contributed by atoms with Crippen LogP contribution in [-0.4, -0.2) is 73.3 Å². The molecule has 2 saturated heterocycles. The van der Waals surface area contributed by atoms with Crippen LogP contribution < -0.4 is 19.7 Å². The zero-order valence-electron chi connectivity index (χ0n) is 20.4. The zero-order chi connectivity index (χ0) is 24.3. The van der Waals surface area contributed by atoms with E-state index in [1.165, 1.54) is 25.9 Å². The van der Waals surface area contributed by atoms with E-state index in [9.17, 15) is 8.78 Å². The van der Waals surface area contributed by atoms with Gasteiger partial charge in [-0.05, 0) is 51.3 Å². The number of nitrogens with zero attached hydrogens (tertiary/aromatic N) is 4. The summed E-state index contributed by atoms with van der Waals surface area (Å²) in [7, 11) is 1.63. The smallest absolute Gasteiger partial charge is 0.251 e. The number of nitrogens with one attached hydrogen (secondary N) is 1. The molecular formula is C26H35F2N5O2. The molecule has 2 fully saturated rings. The van der Waals surface area contributed by atoms with E-state index in [0.29, 0.717) is 35.4 Å². The molecule has 0 saturated carbocycles. The van der Waals surface area contributed by atoms with E-state index >= 15 is 0 Å². The van der Waals surface area contributed by atoms with Crippen LogP contribution in [0.2, 0.25) is 0 Å². The van der Waals surface area contributed by atoms with Crippen LogP contribution in [0.5, 0.6) is 11.5 Å². The quantitative estimate of drug-likeness (QED) is 0.400. The number of methoxy groups -OCH3 is 1. The molecule has 5 rings (SSSR count). The fraction of sp³-hybridized carbons (Fsp3) is 0.615. The Balaban J connectivity index is 1.40. The summed E-state index contributed by atoms with van der Waals surface area (Å²) in [6.45, 7) is 4.44. The minimum Gasteiger partial charge on any atom is -0.493 e. The normalized spacial score (nSPS) is 22.1. The van der Waals surface area contributed by atoms with Crippen molar-refractivity contribution in [3.05, 3.63) is 24.3 Å². The fourth-order valence-corrected chi connectivity index (χ4v) is 5.09. The second-order valence-electron chi connectivity index (χ2n) is 9.74. The zero-order valence-corrected chi connectivity index (χ0v) is 20.4. The Morgan fingerprint density at radius 2 is 1.89 bits per heavy atom. The molecule has 35 heavy (non-hydrogen) atoms. The molecule has 2 aromatic rings. The van der Waals surface area contributed by atoms with Crippen molar-refractivity contribution >= 4 is 22.7 Å². The summed E-state index contributed by atoms with van der Waals surface area (Å²) in [5.41, 5.74) is 0.715. The van der Waals surface area contributed by atoms with Gasteiger partial charge in [0, 0.05) is 50.0 Å². The Labute approximate surface area is 205 Å². The van der Waals surface area contributed by atoms with Gasteiger partial charge in [0.2, 0.25) is 5.95 Å². The van der Waals surface area contributed by atoms with E-state index in [-0.39, 0.29) is 32.0 Å². The number of aromatic nitrogens is 2. The Kier molecular flexibility index (Phi) is 7.22. The van der Waals surface area contributed by atoms with Gasteiger partial charge in [0.25, 0.3) is 5.92 Å². The highest BCUT2D eigenvalue weighted by atomic mass is 19.3. The fourth-order valence-electron chi connectivity index (χ4n) is 5.09. The molecule has 9 heteroatoms. The molecule has 1 aromatic carbocycles. The SMILES string of the molecule is COc1cc2c(N[C@H]3C=CCC3)nc(N3CCC(F)(F)CC3)nc2cc1OCCCN1CCCC1. The van der Waals surface area contributed by atoms with E-state index in [1.54, 1.807) is 7.11 Å². The lowest BCUT2D eigenvalue weighted by Gasteiger charge is -2.32. The molecule has 2 aliphatic heterocycles. The molecule has 7 nitrogen and oxygen atoms in total. The summed E-state index contributed by atoms with van der Waals surface area (Å²) in [5.74, 6) is -0.173. The number of benzene rings is 1. The van der Waals surface area contributed by atoms with Crippen LogP contribution in [-0.2, 0) is 0 Å². The van der Waals surface area contributed by atoms with Crippen molar-refractivity contribution in [2.45, 2.75) is 56.9 Å². The number of halogens is 2. The van der Waals surface area contributed by atoms with Crippen LogP contribution in [0.25, 0.3) is 10.9 Å². The van der Waals surface area contributed by atoms with Gasteiger partial charge >= 0.3 is 0 Å². The number of rotatable bonds is 9. The summed E-state index contributed by atoms with van der Waals surface area (Å²) in [6, 6.07) is 3.99. The van der Waals surface area contributed by atoms with Gasteiger partial charge in [-0.25, -0.2) is 13.8 Å².